The molecule has 0 saturated carbocycles. The van der Waals surface area contributed by atoms with E-state index in [1.807, 2.05) is 27.7 Å². The summed E-state index contributed by atoms with van der Waals surface area (Å²) < 4.78 is 21.5. The molecule has 0 aliphatic heterocycles. The minimum atomic E-state index is -1.18. The molecule has 7 N–H and O–H groups in total. The predicted molar refractivity (Wildman–Crippen MR) is 258 cm³/mol. The number of likely N-dealkylation sites (N-methyl/N-ethyl adjacent to an activating group) is 1. The zero-order valence-electron chi connectivity index (χ0n) is 41.8. The van der Waals surface area contributed by atoms with Gasteiger partial charge in [-0.15, -0.1) is 0 Å². The fourth-order valence-electron chi connectivity index (χ4n) is 7.12. The van der Waals surface area contributed by atoms with Crippen LogP contribution < -0.4 is 26.6 Å². The number of ether oxygens (including phenoxy) is 4. The van der Waals surface area contributed by atoms with Crippen molar-refractivity contribution in [3.63, 3.8) is 0 Å². The maximum Gasteiger partial charge on any atom is 0.326 e. The molecule has 0 unspecified atom stereocenters. The summed E-state index contributed by atoms with van der Waals surface area (Å²) in [6, 6.07) is -1.32. The lowest BCUT2D eigenvalue weighted by Gasteiger charge is -2.25. The first-order valence-corrected chi connectivity index (χ1v) is 25.3. The van der Waals surface area contributed by atoms with Gasteiger partial charge in [0.1, 0.15) is 19.3 Å². The lowest BCUT2D eigenvalue weighted by atomic mass is 9.84. The molecular weight excluding hydrogens is 867 g/mol. The molecule has 2 atom stereocenters. The van der Waals surface area contributed by atoms with Crippen LogP contribution >= 0.6 is 0 Å². The van der Waals surface area contributed by atoms with Gasteiger partial charge in [-0.05, 0) is 45.1 Å². The first-order chi connectivity index (χ1) is 32.2. The van der Waals surface area contributed by atoms with E-state index < -0.39 is 23.4 Å². The first-order valence-electron chi connectivity index (χ1n) is 25.3. The van der Waals surface area contributed by atoms with Gasteiger partial charge in [-0.2, -0.15) is 0 Å². The van der Waals surface area contributed by atoms with Gasteiger partial charge in [0, 0.05) is 44.3 Å². The highest BCUT2D eigenvalue weighted by molar-refractivity contribution is 5.88. The van der Waals surface area contributed by atoms with E-state index in [0.29, 0.717) is 13.0 Å². The van der Waals surface area contributed by atoms with Crippen LogP contribution in [-0.2, 0) is 52.5 Å². The number of carbonyl (C=O) groups excluding carboxylic acids is 5. The maximum atomic E-state index is 12.6. The van der Waals surface area contributed by atoms with Crippen molar-refractivity contribution in [2.45, 2.75) is 187 Å². The van der Waals surface area contributed by atoms with Crippen molar-refractivity contribution < 1.29 is 62.7 Å². The van der Waals surface area contributed by atoms with Crippen LogP contribution in [0.3, 0.4) is 0 Å². The molecule has 0 bridgehead atoms. The summed E-state index contributed by atoms with van der Waals surface area (Å²) >= 11 is 0. The smallest absolute Gasteiger partial charge is 0.326 e. The Morgan fingerprint density at radius 2 is 0.881 bits per heavy atom. The van der Waals surface area contributed by atoms with Crippen LogP contribution in [0.15, 0.2) is 0 Å². The third-order valence-electron chi connectivity index (χ3n) is 10.9. The highest BCUT2D eigenvalue weighted by atomic mass is 16.5. The monoisotopic (exact) mass is 958 g/mol. The van der Waals surface area contributed by atoms with E-state index in [1.165, 1.54) is 57.8 Å². The average molecular weight is 958 g/mol. The molecule has 390 valence electrons. The predicted octanol–water partition coefficient (Wildman–Crippen LogP) is 5.62. The molecule has 67 heavy (non-hydrogen) atoms. The van der Waals surface area contributed by atoms with Crippen molar-refractivity contribution >= 4 is 41.4 Å². The topological polar surface area (TPSA) is 257 Å². The van der Waals surface area contributed by atoms with Crippen molar-refractivity contribution in [2.24, 2.45) is 5.41 Å². The minimum Gasteiger partial charge on any atom is -0.481 e. The molecule has 18 heteroatoms. The van der Waals surface area contributed by atoms with Crippen LogP contribution in [0.2, 0.25) is 0 Å². The van der Waals surface area contributed by atoms with E-state index in [9.17, 15) is 38.7 Å². The quantitative estimate of drug-likeness (QED) is 0.0366. The van der Waals surface area contributed by atoms with E-state index >= 15 is 0 Å². The highest BCUT2D eigenvalue weighted by Crippen LogP contribution is 2.19. The number of aliphatic carboxylic acids is 2. The summed E-state index contributed by atoms with van der Waals surface area (Å²) in [6.07, 6.45) is 20.6. The number of Topliss-reactive ketones (excluding diaryl/α,β-unsaturated/α-hetero) is 1. The number of hydrogen-bond acceptors (Lipinski definition) is 12. The van der Waals surface area contributed by atoms with E-state index in [0.717, 1.165) is 64.3 Å². The second kappa shape index (κ2) is 43.6. The SMILES string of the molecule is CCN[C@@H](CCCCNC(=O)COCCOCCNC(=O)COCCOCCNC(=O)CC[C@H](NC(=O)CCCCCCCCCCCCCCCCCCC(=O)O)C(=O)O)C(=O)C(C)(C)C. The molecule has 0 aromatic rings. The van der Waals surface area contributed by atoms with Crippen LogP contribution in [0.1, 0.15) is 175 Å². The average Bonchev–Trinajstić information content (AvgIpc) is 3.27. The zero-order valence-corrected chi connectivity index (χ0v) is 41.8. The van der Waals surface area contributed by atoms with Crippen LogP contribution in [0.25, 0.3) is 0 Å². The Morgan fingerprint density at radius 1 is 0.448 bits per heavy atom. The summed E-state index contributed by atoms with van der Waals surface area (Å²) in [5.41, 5.74) is -0.400. The summed E-state index contributed by atoms with van der Waals surface area (Å²) in [4.78, 5) is 83.4. The molecule has 0 rings (SSSR count). The van der Waals surface area contributed by atoms with Crippen LogP contribution in [0, 0.1) is 5.41 Å². The number of carbonyl (C=O) groups is 7. The van der Waals surface area contributed by atoms with Crippen molar-refractivity contribution in [1.29, 1.82) is 0 Å². The molecule has 0 saturated heterocycles. The van der Waals surface area contributed by atoms with E-state index in [4.69, 9.17) is 24.1 Å². The summed E-state index contributed by atoms with van der Waals surface area (Å²) in [7, 11) is 0. The summed E-state index contributed by atoms with van der Waals surface area (Å²) in [6.45, 7) is 10.6. The van der Waals surface area contributed by atoms with Gasteiger partial charge in [0.15, 0.2) is 5.78 Å². The van der Waals surface area contributed by atoms with Gasteiger partial charge in [-0.1, -0.05) is 118 Å². The van der Waals surface area contributed by atoms with Gasteiger partial charge in [0.25, 0.3) is 0 Å². The minimum absolute atomic E-state index is 0.0231. The molecule has 0 radical (unpaired) electrons. The lowest BCUT2D eigenvalue weighted by Crippen LogP contribution is -2.42. The van der Waals surface area contributed by atoms with Crippen molar-refractivity contribution in [1.82, 2.24) is 26.6 Å². The fourth-order valence-corrected chi connectivity index (χ4v) is 7.12. The molecule has 0 aromatic carbocycles. The van der Waals surface area contributed by atoms with Gasteiger partial charge in [0.05, 0.1) is 45.7 Å². The van der Waals surface area contributed by atoms with E-state index in [1.54, 1.807) is 0 Å². The molecule has 0 aromatic heterocycles. The fraction of sp³-hybridized carbons (Fsp3) is 0.857. The van der Waals surface area contributed by atoms with E-state index in [-0.39, 0.29) is 127 Å². The maximum absolute atomic E-state index is 12.6. The Labute approximate surface area is 401 Å². The normalized spacial score (nSPS) is 12.3. The molecule has 0 heterocycles. The summed E-state index contributed by atoms with van der Waals surface area (Å²) in [5.74, 6) is -2.89. The van der Waals surface area contributed by atoms with Crippen molar-refractivity contribution in [2.75, 3.05) is 79.0 Å². The Balaban J connectivity index is 3.69. The molecule has 0 fully saturated rings. The van der Waals surface area contributed by atoms with E-state index in [2.05, 4.69) is 26.6 Å². The number of unbranched alkanes of at least 4 members (excludes halogenated alkanes) is 16. The standard InChI is InChI=1S/C49H91N5O13/c1-5-50-40(47(61)49(2,3)4)24-22-23-29-51-44(57)38-66-36-35-65-33-31-53-45(58)39-67-37-34-64-32-30-52-42(55)28-27-41(48(62)63)54-43(56)25-20-18-16-14-12-10-8-6-7-9-11-13-15-17-19-21-26-46(59)60/h40-41,50H,5-39H2,1-4H3,(H,51,57)(H,52,55)(H,53,58)(H,54,56)(H,59,60)(H,62,63)/t40-,41-/m0/s1. The van der Waals surface area contributed by atoms with Gasteiger partial charge >= 0.3 is 11.9 Å². The largest absolute Gasteiger partial charge is 0.481 e. The van der Waals surface area contributed by atoms with Crippen LogP contribution in [0.5, 0.6) is 0 Å². The molecule has 4 amide bonds. The molecular formula is C49H91N5O13. The van der Waals surface area contributed by atoms with Crippen molar-refractivity contribution in [3.05, 3.63) is 0 Å². The third kappa shape index (κ3) is 42.2. The second-order valence-electron chi connectivity index (χ2n) is 18.1. The number of amides is 4. The number of carboxylic acid groups (broad SMARTS) is 2. The lowest BCUT2D eigenvalue weighted by molar-refractivity contribution is -0.142. The Bertz CT molecular complexity index is 1330. The Kier molecular flexibility index (Phi) is 41.1. The van der Waals surface area contributed by atoms with Gasteiger partial charge in [0.2, 0.25) is 23.6 Å². The number of nitrogens with one attached hydrogen (secondary N) is 5. The second-order valence-corrected chi connectivity index (χ2v) is 18.1. The number of ketones is 1. The van der Waals surface area contributed by atoms with Gasteiger partial charge < -0.3 is 55.7 Å². The Hall–Kier alpha value is -3.71. The third-order valence-corrected chi connectivity index (χ3v) is 10.9. The molecule has 0 aliphatic carbocycles. The van der Waals surface area contributed by atoms with Gasteiger partial charge in [-0.3, -0.25) is 28.8 Å². The van der Waals surface area contributed by atoms with Gasteiger partial charge in [-0.25, -0.2) is 4.79 Å². The first kappa shape index (κ1) is 63.3. The van der Waals surface area contributed by atoms with Crippen LogP contribution in [-0.4, -0.2) is 143 Å². The number of hydrogen-bond donors (Lipinski definition) is 7. The number of carboxylic acids is 2. The molecule has 0 spiro atoms. The van der Waals surface area contributed by atoms with Crippen molar-refractivity contribution in [3.8, 4) is 0 Å². The highest BCUT2D eigenvalue weighted by Gasteiger charge is 2.28. The summed E-state index contributed by atoms with van der Waals surface area (Å²) in [5, 5.41) is 32.2. The molecule has 0 aliphatic rings. The van der Waals surface area contributed by atoms with Crippen LogP contribution in [0.4, 0.5) is 0 Å². The molecule has 18 nitrogen and oxygen atoms in total. The Morgan fingerprint density at radius 3 is 1.33 bits per heavy atom. The zero-order chi connectivity index (χ0) is 49.8. The number of rotatable bonds is 48.